The van der Waals surface area contributed by atoms with Gasteiger partial charge in [0, 0.05) is 16.7 Å². The van der Waals surface area contributed by atoms with Crippen LogP contribution in [0.5, 0.6) is 0 Å². The van der Waals surface area contributed by atoms with Gasteiger partial charge < -0.3 is 5.11 Å². The van der Waals surface area contributed by atoms with E-state index in [9.17, 15) is 9.90 Å². The Balaban J connectivity index is 1.81. The molecule has 5 rings (SSSR count). The number of fused-ring (bicyclic) bond motifs is 5. The van der Waals surface area contributed by atoms with Crippen molar-refractivity contribution in [1.82, 2.24) is 9.55 Å². The maximum absolute atomic E-state index is 13.5. The van der Waals surface area contributed by atoms with Crippen molar-refractivity contribution in [3.63, 3.8) is 0 Å². The first-order chi connectivity index (χ1) is 12.2. The van der Waals surface area contributed by atoms with Crippen molar-refractivity contribution in [3.05, 3.63) is 45.7 Å². The minimum Gasteiger partial charge on any atom is -0.390 e. The number of thioether (sulfide) groups is 1. The smallest absolute Gasteiger partial charge is 0.258 e. The number of aliphatic hydroxyl groups excluding tert-OH is 1. The summed E-state index contributed by atoms with van der Waals surface area (Å²) in [6.45, 7) is 0.374. The third-order valence-corrected chi connectivity index (χ3v) is 7.20. The quantitative estimate of drug-likeness (QED) is 0.739. The van der Waals surface area contributed by atoms with E-state index in [4.69, 9.17) is 4.98 Å². The summed E-state index contributed by atoms with van der Waals surface area (Å²) < 4.78 is 1.72. The zero-order chi connectivity index (χ0) is 17.0. The van der Waals surface area contributed by atoms with Gasteiger partial charge in [0.1, 0.15) is 0 Å². The third kappa shape index (κ3) is 2.32. The molecule has 2 heterocycles. The Labute approximate surface area is 151 Å². The molecule has 4 nitrogen and oxygen atoms in total. The monoisotopic (exact) mass is 354 g/mol. The van der Waals surface area contributed by atoms with Gasteiger partial charge in [-0.2, -0.15) is 0 Å². The van der Waals surface area contributed by atoms with Gasteiger partial charge in [0.05, 0.1) is 23.9 Å². The average molecular weight is 354 g/mol. The highest BCUT2D eigenvalue weighted by atomic mass is 32.2. The fraction of sp³-hybridized carbons (Fsp3) is 0.500. The van der Waals surface area contributed by atoms with Crippen LogP contribution in [0.15, 0.2) is 34.2 Å². The third-order valence-electron chi connectivity index (χ3n) is 6.07. The fourth-order valence-electron chi connectivity index (χ4n) is 4.93. The fourth-order valence-corrected chi connectivity index (χ4v) is 5.84. The van der Waals surface area contributed by atoms with Gasteiger partial charge in [-0.15, -0.1) is 0 Å². The largest absolute Gasteiger partial charge is 0.390 e. The summed E-state index contributed by atoms with van der Waals surface area (Å²) in [5, 5.41) is 10.8. The standard InChI is InChI=1S/C20H22N2O2S/c23-14-11-22-18(24)16-17(21-19(22)25-12-14)15-7-3-2-6-13(15)10-20(16)8-4-1-5-9-20/h2-3,6-7,14,23H,1,4-5,8-12H2. The molecule has 0 amide bonds. The number of benzene rings is 1. The molecule has 1 fully saturated rings. The molecule has 1 saturated carbocycles. The Kier molecular flexibility index (Phi) is 3.57. The summed E-state index contributed by atoms with van der Waals surface area (Å²) >= 11 is 1.50. The van der Waals surface area contributed by atoms with Crippen molar-refractivity contribution in [3.8, 4) is 11.3 Å². The molecular weight excluding hydrogens is 332 g/mol. The van der Waals surface area contributed by atoms with Gasteiger partial charge in [-0.05, 0) is 24.8 Å². The SMILES string of the molecule is O=c1c2c(nc3n1CC(O)CS3)-c1ccccc1CC21CCCCC1. The summed E-state index contributed by atoms with van der Waals surface area (Å²) in [5.74, 6) is 0.609. The van der Waals surface area contributed by atoms with Crippen LogP contribution in [0.1, 0.15) is 43.2 Å². The Bertz CT molecular complexity index is 899. The zero-order valence-electron chi connectivity index (χ0n) is 14.2. The Morgan fingerprint density at radius 1 is 1.20 bits per heavy atom. The van der Waals surface area contributed by atoms with Gasteiger partial charge in [0.25, 0.3) is 5.56 Å². The minimum absolute atomic E-state index is 0.0683. The molecule has 1 aromatic carbocycles. The number of hydrogen-bond donors (Lipinski definition) is 1. The number of nitrogens with zero attached hydrogens (tertiary/aromatic N) is 2. The van der Waals surface area contributed by atoms with Crippen LogP contribution in [-0.2, 0) is 18.4 Å². The molecule has 0 saturated heterocycles. The molecule has 1 spiro atoms. The maximum atomic E-state index is 13.5. The number of aromatic nitrogens is 2. The summed E-state index contributed by atoms with van der Waals surface area (Å²) in [6, 6.07) is 8.44. The summed E-state index contributed by atoms with van der Waals surface area (Å²) in [5.41, 5.74) is 4.30. The van der Waals surface area contributed by atoms with E-state index in [1.165, 1.54) is 36.6 Å². The number of rotatable bonds is 0. The van der Waals surface area contributed by atoms with Gasteiger partial charge >= 0.3 is 0 Å². The second kappa shape index (κ2) is 5.71. The van der Waals surface area contributed by atoms with E-state index < -0.39 is 6.10 Å². The van der Waals surface area contributed by atoms with E-state index >= 15 is 0 Å². The van der Waals surface area contributed by atoms with E-state index in [-0.39, 0.29) is 11.0 Å². The summed E-state index contributed by atoms with van der Waals surface area (Å²) in [4.78, 5) is 18.4. The summed E-state index contributed by atoms with van der Waals surface area (Å²) in [6.07, 6.45) is 6.24. The van der Waals surface area contributed by atoms with Crippen molar-refractivity contribution < 1.29 is 5.11 Å². The van der Waals surface area contributed by atoms with Gasteiger partial charge in [-0.25, -0.2) is 4.98 Å². The highest BCUT2D eigenvalue weighted by Gasteiger charge is 2.43. The van der Waals surface area contributed by atoms with E-state index in [0.29, 0.717) is 12.3 Å². The molecule has 1 unspecified atom stereocenters. The topological polar surface area (TPSA) is 55.1 Å². The predicted molar refractivity (Wildman–Crippen MR) is 99.1 cm³/mol. The lowest BCUT2D eigenvalue weighted by Crippen LogP contribution is -2.45. The van der Waals surface area contributed by atoms with Gasteiger partial charge in [-0.3, -0.25) is 9.36 Å². The highest BCUT2D eigenvalue weighted by Crippen LogP contribution is 2.48. The van der Waals surface area contributed by atoms with E-state index in [1.807, 2.05) is 6.07 Å². The van der Waals surface area contributed by atoms with E-state index in [0.717, 1.165) is 41.2 Å². The lowest BCUT2D eigenvalue weighted by atomic mass is 9.62. The first-order valence-corrected chi connectivity index (χ1v) is 10.2. The van der Waals surface area contributed by atoms with Crippen LogP contribution in [0.25, 0.3) is 11.3 Å². The van der Waals surface area contributed by atoms with E-state index in [1.54, 1.807) is 4.57 Å². The van der Waals surface area contributed by atoms with Crippen LogP contribution >= 0.6 is 11.8 Å². The first-order valence-electron chi connectivity index (χ1n) is 9.22. The zero-order valence-corrected chi connectivity index (χ0v) is 15.0. The van der Waals surface area contributed by atoms with E-state index in [2.05, 4.69) is 18.2 Å². The van der Waals surface area contributed by atoms with Crippen molar-refractivity contribution in [2.45, 2.75) is 61.7 Å². The van der Waals surface area contributed by atoms with Crippen molar-refractivity contribution in [1.29, 1.82) is 0 Å². The van der Waals surface area contributed by atoms with Crippen LogP contribution < -0.4 is 5.56 Å². The molecule has 1 N–H and O–H groups in total. The number of aliphatic hydroxyl groups is 1. The van der Waals surface area contributed by atoms with Crippen LogP contribution in [0.4, 0.5) is 0 Å². The lowest BCUT2D eigenvalue weighted by Gasteiger charge is -2.42. The molecule has 2 aromatic rings. The van der Waals surface area contributed by atoms with Crippen molar-refractivity contribution in [2.24, 2.45) is 0 Å². The average Bonchev–Trinajstić information content (AvgIpc) is 2.63. The molecule has 3 aliphatic rings. The minimum atomic E-state index is -0.465. The van der Waals surface area contributed by atoms with Gasteiger partial charge in [0.15, 0.2) is 5.16 Å². The molecule has 25 heavy (non-hydrogen) atoms. The Morgan fingerprint density at radius 3 is 2.84 bits per heavy atom. The van der Waals surface area contributed by atoms with Crippen LogP contribution in [0.3, 0.4) is 0 Å². The molecule has 0 bridgehead atoms. The molecule has 0 radical (unpaired) electrons. The molecule has 2 aliphatic carbocycles. The predicted octanol–water partition coefficient (Wildman–Crippen LogP) is 3.13. The highest BCUT2D eigenvalue weighted by molar-refractivity contribution is 7.99. The molecule has 1 aliphatic heterocycles. The van der Waals surface area contributed by atoms with Crippen LogP contribution in [-0.4, -0.2) is 26.5 Å². The lowest BCUT2D eigenvalue weighted by molar-refractivity contribution is 0.166. The van der Waals surface area contributed by atoms with Crippen molar-refractivity contribution in [2.75, 3.05) is 5.75 Å². The first kappa shape index (κ1) is 15.6. The summed E-state index contributed by atoms with van der Waals surface area (Å²) in [7, 11) is 0. The second-order valence-electron chi connectivity index (χ2n) is 7.67. The van der Waals surface area contributed by atoms with Gasteiger partial charge in [0.2, 0.25) is 0 Å². The molecule has 5 heteroatoms. The van der Waals surface area contributed by atoms with Crippen LogP contribution in [0.2, 0.25) is 0 Å². The molecule has 1 atom stereocenters. The Morgan fingerprint density at radius 2 is 2.00 bits per heavy atom. The normalized spacial score (nSPS) is 23.6. The molecular formula is C20H22N2O2S. The second-order valence-corrected chi connectivity index (χ2v) is 8.66. The van der Waals surface area contributed by atoms with Gasteiger partial charge in [-0.1, -0.05) is 55.3 Å². The molecule has 130 valence electrons. The molecule has 1 aromatic heterocycles. The Hall–Kier alpha value is -1.59. The van der Waals surface area contributed by atoms with Crippen molar-refractivity contribution >= 4 is 11.8 Å². The maximum Gasteiger partial charge on any atom is 0.258 e. The van der Waals surface area contributed by atoms with Crippen LogP contribution in [0, 0.1) is 0 Å². The number of hydrogen-bond acceptors (Lipinski definition) is 4.